The normalized spacial score (nSPS) is 15.8. The summed E-state index contributed by atoms with van der Waals surface area (Å²) in [5.74, 6) is -1.01. The summed E-state index contributed by atoms with van der Waals surface area (Å²) in [6.45, 7) is 0.615. The quantitative estimate of drug-likeness (QED) is 0.548. The molecular formula is C22H25FN4O5S. The van der Waals surface area contributed by atoms with Crippen LogP contribution in [0.25, 0.3) is 0 Å². The van der Waals surface area contributed by atoms with Gasteiger partial charge in [-0.05, 0) is 48.9 Å². The van der Waals surface area contributed by atoms with E-state index >= 15 is 0 Å². The second-order valence-electron chi connectivity index (χ2n) is 7.67. The maximum atomic E-state index is 13.2. The molecule has 2 amide bonds. The molecule has 1 aliphatic rings. The van der Waals surface area contributed by atoms with E-state index in [2.05, 4.69) is 5.10 Å². The highest BCUT2D eigenvalue weighted by molar-refractivity contribution is 7.90. The summed E-state index contributed by atoms with van der Waals surface area (Å²) >= 11 is 0. The number of hydrogen-bond donors (Lipinski definition) is 1. The molecule has 3 rings (SSSR count). The topological polar surface area (TPSA) is 122 Å². The molecule has 0 spiro atoms. The van der Waals surface area contributed by atoms with Crippen molar-refractivity contribution in [1.29, 1.82) is 0 Å². The van der Waals surface area contributed by atoms with E-state index < -0.39 is 27.6 Å². The summed E-state index contributed by atoms with van der Waals surface area (Å²) in [5, 5.41) is 5.60. The molecule has 0 radical (unpaired) electrons. The molecule has 176 valence electrons. The van der Waals surface area contributed by atoms with Crippen molar-refractivity contribution in [1.82, 2.24) is 4.90 Å². The first kappa shape index (κ1) is 24.2. The Labute approximate surface area is 191 Å². The van der Waals surface area contributed by atoms with Crippen LogP contribution in [0.4, 0.5) is 10.1 Å². The number of nitrogens with two attached hydrogens (primary N) is 1. The van der Waals surface area contributed by atoms with Gasteiger partial charge in [0.15, 0.2) is 9.84 Å². The van der Waals surface area contributed by atoms with Crippen molar-refractivity contribution in [2.45, 2.75) is 23.8 Å². The first-order valence-electron chi connectivity index (χ1n) is 10.2. The third-order valence-electron chi connectivity index (χ3n) is 5.06. The Balaban J connectivity index is 1.57. The van der Waals surface area contributed by atoms with Crippen molar-refractivity contribution in [2.75, 3.05) is 31.5 Å². The number of hydrazone groups is 1. The van der Waals surface area contributed by atoms with Crippen molar-refractivity contribution in [3.8, 4) is 5.75 Å². The third-order valence-corrected chi connectivity index (χ3v) is 6.17. The van der Waals surface area contributed by atoms with Crippen LogP contribution in [0, 0.1) is 5.82 Å². The lowest BCUT2D eigenvalue weighted by Crippen LogP contribution is -2.40. The first-order valence-corrected chi connectivity index (χ1v) is 12.1. The van der Waals surface area contributed by atoms with Gasteiger partial charge in [0.1, 0.15) is 23.3 Å². The highest BCUT2D eigenvalue weighted by Crippen LogP contribution is 2.25. The molecule has 11 heteroatoms. The molecule has 0 bridgehead atoms. The molecule has 9 nitrogen and oxygen atoms in total. The number of amides is 2. The number of primary amides is 1. The summed E-state index contributed by atoms with van der Waals surface area (Å²) in [7, 11) is -1.72. The monoisotopic (exact) mass is 476 g/mol. The number of carbonyl (C=O) groups excluding carboxylic acids is 2. The molecule has 2 aromatic rings. The van der Waals surface area contributed by atoms with Gasteiger partial charge in [-0.2, -0.15) is 5.10 Å². The molecule has 0 saturated heterocycles. The van der Waals surface area contributed by atoms with E-state index in [-0.39, 0.29) is 29.5 Å². The minimum absolute atomic E-state index is 0.0463. The smallest absolute Gasteiger partial charge is 0.269 e. The van der Waals surface area contributed by atoms with Gasteiger partial charge in [0.05, 0.1) is 17.2 Å². The fraction of sp³-hybridized carbons (Fsp3) is 0.318. The lowest BCUT2D eigenvalue weighted by atomic mass is 10.1. The number of benzene rings is 2. The van der Waals surface area contributed by atoms with Crippen molar-refractivity contribution in [2.24, 2.45) is 10.8 Å². The molecule has 1 unspecified atom stereocenters. The predicted molar refractivity (Wildman–Crippen MR) is 121 cm³/mol. The van der Waals surface area contributed by atoms with Crippen LogP contribution in [0.15, 0.2) is 58.5 Å². The number of halogens is 1. The molecule has 1 atom stereocenters. The molecule has 2 N–H and O–H groups in total. The van der Waals surface area contributed by atoms with Crippen LogP contribution in [-0.4, -0.2) is 63.3 Å². The Hall–Kier alpha value is -3.47. The van der Waals surface area contributed by atoms with Crippen LogP contribution >= 0.6 is 0 Å². The molecule has 1 aliphatic heterocycles. The minimum atomic E-state index is -3.33. The van der Waals surface area contributed by atoms with Crippen LogP contribution in [0.5, 0.6) is 5.75 Å². The Bertz CT molecular complexity index is 1170. The van der Waals surface area contributed by atoms with Gasteiger partial charge in [-0.1, -0.05) is 6.07 Å². The number of anilines is 1. The Kier molecular flexibility index (Phi) is 7.32. The number of hydrogen-bond acceptors (Lipinski definition) is 7. The maximum absolute atomic E-state index is 13.2. The maximum Gasteiger partial charge on any atom is 0.269 e. The second kappa shape index (κ2) is 9.99. The van der Waals surface area contributed by atoms with Crippen LogP contribution in [0.1, 0.15) is 12.8 Å². The lowest BCUT2D eigenvalue weighted by molar-refractivity contribution is -0.123. The van der Waals surface area contributed by atoms with Crippen molar-refractivity contribution in [3.63, 3.8) is 0 Å². The fourth-order valence-electron chi connectivity index (χ4n) is 3.30. The standard InChI is InChI=1S/C22H25FN4O5S/c1-26(11-4-12-32-17-5-3-6-18(13-17)33(2,30)31)22(29)19-14-20(21(24)28)27(25-19)16-9-7-15(23)8-10-16/h3,5-10,13,20H,4,11-12,14H2,1-2H3,(H2,24,28). The molecular weight excluding hydrogens is 451 g/mol. The Morgan fingerprint density at radius 1 is 1.24 bits per heavy atom. The van der Waals surface area contributed by atoms with Gasteiger partial charge in [0.2, 0.25) is 5.91 Å². The molecule has 2 aromatic carbocycles. The van der Waals surface area contributed by atoms with Crippen molar-refractivity contribution >= 4 is 33.1 Å². The van der Waals surface area contributed by atoms with E-state index in [1.165, 1.54) is 46.3 Å². The van der Waals surface area contributed by atoms with Crippen LogP contribution in [0.3, 0.4) is 0 Å². The molecule has 0 aromatic heterocycles. The molecule has 0 saturated carbocycles. The van der Waals surface area contributed by atoms with Gasteiger partial charge in [0.25, 0.3) is 5.91 Å². The van der Waals surface area contributed by atoms with E-state index in [4.69, 9.17) is 10.5 Å². The molecule has 1 heterocycles. The SMILES string of the molecule is CN(CCCOc1cccc(S(C)(=O)=O)c1)C(=O)C1=NN(c2ccc(F)cc2)C(C(N)=O)C1. The number of rotatable bonds is 9. The van der Waals surface area contributed by atoms with Crippen molar-refractivity contribution in [3.05, 3.63) is 54.3 Å². The number of sulfone groups is 1. The summed E-state index contributed by atoms with van der Waals surface area (Å²) < 4.78 is 42.1. The molecule has 0 aliphatic carbocycles. The summed E-state index contributed by atoms with van der Waals surface area (Å²) in [5.41, 5.74) is 6.11. The number of carbonyl (C=O) groups is 2. The van der Waals surface area contributed by atoms with Crippen LogP contribution in [0.2, 0.25) is 0 Å². The van der Waals surface area contributed by atoms with E-state index in [9.17, 15) is 22.4 Å². The fourth-order valence-corrected chi connectivity index (χ4v) is 3.96. The zero-order valence-corrected chi connectivity index (χ0v) is 19.1. The molecule has 33 heavy (non-hydrogen) atoms. The van der Waals surface area contributed by atoms with Gasteiger partial charge in [-0.15, -0.1) is 0 Å². The summed E-state index contributed by atoms with van der Waals surface area (Å²) in [4.78, 5) is 26.3. The molecule has 0 fully saturated rings. The Morgan fingerprint density at radius 2 is 1.94 bits per heavy atom. The van der Waals surface area contributed by atoms with E-state index in [1.54, 1.807) is 19.2 Å². The van der Waals surface area contributed by atoms with Gasteiger partial charge in [-0.3, -0.25) is 14.6 Å². The predicted octanol–water partition coefficient (Wildman–Crippen LogP) is 1.58. The average molecular weight is 477 g/mol. The average Bonchev–Trinajstić information content (AvgIpc) is 3.22. The summed E-state index contributed by atoms with van der Waals surface area (Å²) in [6.07, 6.45) is 1.66. The lowest BCUT2D eigenvalue weighted by Gasteiger charge is -2.20. The highest BCUT2D eigenvalue weighted by Gasteiger charge is 2.35. The van der Waals surface area contributed by atoms with Gasteiger partial charge >= 0.3 is 0 Å². The van der Waals surface area contributed by atoms with Gasteiger partial charge in [-0.25, -0.2) is 12.8 Å². The largest absolute Gasteiger partial charge is 0.493 e. The van der Waals surface area contributed by atoms with Crippen LogP contribution < -0.4 is 15.5 Å². The van der Waals surface area contributed by atoms with E-state index in [1.807, 2.05) is 0 Å². The van der Waals surface area contributed by atoms with Crippen molar-refractivity contribution < 1.29 is 27.1 Å². The van der Waals surface area contributed by atoms with E-state index in [0.717, 1.165) is 6.26 Å². The zero-order chi connectivity index (χ0) is 24.2. The van der Waals surface area contributed by atoms with E-state index in [0.29, 0.717) is 24.4 Å². The first-order chi connectivity index (χ1) is 15.6. The second-order valence-corrected chi connectivity index (χ2v) is 9.68. The third kappa shape index (κ3) is 6.07. The van der Waals surface area contributed by atoms with Gasteiger partial charge in [0, 0.05) is 26.3 Å². The Morgan fingerprint density at radius 3 is 2.58 bits per heavy atom. The number of nitrogens with zero attached hydrogens (tertiary/aromatic N) is 3. The van der Waals surface area contributed by atoms with Gasteiger partial charge < -0.3 is 15.4 Å². The summed E-state index contributed by atoms with van der Waals surface area (Å²) in [6, 6.07) is 10.8. The highest BCUT2D eigenvalue weighted by atomic mass is 32.2. The zero-order valence-electron chi connectivity index (χ0n) is 18.3. The van der Waals surface area contributed by atoms with Crippen LogP contribution in [-0.2, 0) is 19.4 Å². The minimum Gasteiger partial charge on any atom is -0.493 e. The number of ether oxygens (including phenoxy) is 1.